The van der Waals surface area contributed by atoms with Crippen molar-refractivity contribution in [2.24, 2.45) is 7.05 Å². The van der Waals surface area contributed by atoms with Gasteiger partial charge in [-0.05, 0) is 25.0 Å². The average Bonchev–Trinajstić information content (AvgIpc) is 3.10. The number of aryl methyl sites for hydroxylation is 1. The van der Waals surface area contributed by atoms with Crippen LogP contribution in [0.3, 0.4) is 0 Å². The van der Waals surface area contributed by atoms with Gasteiger partial charge in [0.25, 0.3) is 5.91 Å². The number of carbonyl (C=O) groups excluding carboxylic acids is 1. The predicted octanol–water partition coefficient (Wildman–Crippen LogP) is 1.67. The maximum Gasteiger partial charge on any atom is 0.260 e. The van der Waals surface area contributed by atoms with Crippen molar-refractivity contribution in [1.29, 1.82) is 0 Å². The second kappa shape index (κ2) is 5.32. The monoisotopic (exact) mass is 271 g/mol. The SMILES string of the molecule is Cn1ccc(NC(=O)c2cccnc2N2CCCC2)n1. The van der Waals surface area contributed by atoms with Crippen molar-refractivity contribution >= 4 is 17.5 Å². The molecule has 1 saturated heterocycles. The van der Waals surface area contributed by atoms with Crippen LogP contribution in [0, 0.1) is 0 Å². The lowest BCUT2D eigenvalue weighted by Gasteiger charge is -2.19. The molecule has 1 amide bonds. The first-order valence-electron chi connectivity index (χ1n) is 6.75. The van der Waals surface area contributed by atoms with E-state index in [4.69, 9.17) is 0 Å². The smallest absolute Gasteiger partial charge is 0.260 e. The zero-order valence-corrected chi connectivity index (χ0v) is 11.4. The minimum absolute atomic E-state index is 0.168. The first-order chi connectivity index (χ1) is 9.74. The number of hydrogen-bond donors (Lipinski definition) is 1. The number of hydrogen-bond acceptors (Lipinski definition) is 4. The molecule has 0 bridgehead atoms. The van der Waals surface area contributed by atoms with E-state index in [9.17, 15) is 4.79 Å². The Balaban J connectivity index is 1.83. The van der Waals surface area contributed by atoms with Crippen LogP contribution >= 0.6 is 0 Å². The second-order valence-corrected chi connectivity index (χ2v) is 4.90. The molecule has 0 aromatic carbocycles. The minimum atomic E-state index is -0.168. The Morgan fingerprint density at radius 3 is 2.80 bits per heavy atom. The van der Waals surface area contributed by atoms with Crippen molar-refractivity contribution in [3.8, 4) is 0 Å². The number of rotatable bonds is 3. The number of amides is 1. The summed E-state index contributed by atoms with van der Waals surface area (Å²) >= 11 is 0. The summed E-state index contributed by atoms with van der Waals surface area (Å²) in [7, 11) is 1.81. The second-order valence-electron chi connectivity index (χ2n) is 4.90. The molecule has 0 saturated carbocycles. The fourth-order valence-corrected chi connectivity index (χ4v) is 2.42. The number of nitrogens with zero attached hydrogens (tertiary/aromatic N) is 4. The number of carbonyl (C=O) groups is 1. The first kappa shape index (κ1) is 12.7. The number of nitrogens with one attached hydrogen (secondary N) is 1. The summed E-state index contributed by atoms with van der Waals surface area (Å²) in [5, 5.41) is 6.96. The Morgan fingerprint density at radius 2 is 2.10 bits per heavy atom. The summed E-state index contributed by atoms with van der Waals surface area (Å²) in [6.45, 7) is 1.92. The van der Waals surface area contributed by atoms with Gasteiger partial charge in [0, 0.05) is 38.6 Å². The van der Waals surface area contributed by atoms with Gasteiger partial charge < -0.3 is 10.2 Å². The Kier molecular flexibility index (Phi) is 3.37. The van der Waals surface area contributed by atoms with Crippen LogP contribution in [0.25, 0.3) is 0 Å². The molecule has 1 N–H and O–H groups in total. The Labute approximate surface area is 117 Å². The van der Waals surface area contributed by atoms with Crippen LogP contribution in [0.5, 0.6) is 0 Å². The van der Waals surface area contributed by atoms with Gasteiger partial charge >= 0.3 is 0 Å². The van der Waals surface area contributed by atoms with E-state index in [1.54, 1.807) is 35.3 Å². The molecule has 0 atom stereocenters. The fraction of sp³-hybridized carbons (Fsp3) is 0.357. The molecule has 0 aliphatic carbocycles. The van der Waals surface area contributed by atoms with Crippen molar-refractivity contribution < 1.29 is 4.79 Å². The molecular formula is C14H17N5O. The summed E-state index contributed by atoms with van der Waals surface area (Å²) < 4.78 is 1.65. The molecule has 0 radical (unpaired) electrons. The Hall–Kier alpha value is -2.37. The molecule has 0 unspecified atom stereocenters. The van der Waals surface area contributed by atoms with Crippen LogP contribution < -0.4 is 10.2 Å². The first-order valence-corrected chi connectivity index (χ1v) is 6.75. The van der Waals surface area contributed by atoms with E-state index in [-0.39, 0.29) is 5.91 Å². The van der Waals surface area contributed by atoms with E-state index in [0.29, 0.717) is 11.4 Å². The molecule has 2 aromatic rings. The Bertz CT molecular complexity index is 616. The van der Waals surface area contributed by atoms with Crippen LogP contribution in [-0.4, -0.2) is 33.8 Å². The molecule has 2 aromatic heterocycles. The van der Waals surface area contributed by atoms with Crippen molar-refractivity contribution in [3.05, 3.63) is 36.2 Å². The molecule has 1 aliphatic heterocycles. The maximum atomic E-state index is 12.4. The Morgan fingerprint density at radius 1 is 1.30 bits per heavy atom. The van der Waals surface area contributed by atoms with E-state index in [2.05, 4.69) is 20.3 Å². The summed E-state index contributed by atoms with van der Waals surface area (Å²) in [6, 6.07) is 5.36. The molecule has 3 heterocycles. The van der Waals surface area contributed by atoms with Gasteiger partial charge in [-0.25, -0.2) is 4.98 Å². The van der Waals surface area contributed by atoms with Crippen molar-refractivity contribution in [3.63, 3.8) is 0 Å². The summed E-state index contributed by atoms with van der Waals surface area (Å²) in [6.07, 6.45) is 5.82. The van der Waals surface area contributed by atoms with Crippen LogP contribution in [0.4, 0.5) is 11.6 Å². The summed E-state index contributed by atoms with van der Waals surface area (Å²) in [5.41, 5.74) is 0.597. The number of anilines is 2. The number of pyridine rings is 1. The van der Waals surface area contributed by atoms with Gasteiger partial charge in [0.05, 0.1) is 5.56 Å². The highest BCUT2D eigenvalue weighted by atomic mass is 16.1. The highest BCUT2D eigenvalue weighted by molar-refractivity contribution is 6.07. The van der Waals surface area contributed by atoms with Gasteiger partial charge in [-0.15, -0.1) is 0 Å². The molecule has 1 fully saturated rings. The topological polar surface area (TPSA) is 63.1 Å². The molecular weight excluding hydrogens is 254 g/mol. The van der Waals surface area contributed by atoms with Crippen LogP contribution in [0.2, 0.25) is 0 Å². The van der Waals surface area contributed by atoms with Crippen molar-refractivity contribution in [2.45, 2.75) is 12.8 Å². The summed E-state index contributed by atoms with van der Waals surface area (Å²) in [4.78, 5) is 18.9. The zero-order valence-electron chi connectivity index (χ0n) is 11.4. The largest absolute Gasteiger partial charge is 0.356 e. The van der Waals surface area contributed by atoms with Crippen LogP contribution in [-0.2, 0) is 7.05 Å². The molecule has 3 rings (SSSR count). The lowest BCUT2D eigenvalue weighted by atomic mass is 10.2. The van der Waals surface area contributed by atoms with Gasteiger partial charge in [0.2, 0.25) is 0 Å². The van der Waals surface area contributed by atoms with Gasteiger partial charge in [-0.3, -0.25) is 9.48 Å². The van der Waals surface area contributed by atoms with Gasteiger partial charge in [0.1, 0.15) is 5.82 Å². The third-order valence-corrected chi connectivity index (χ3v) is 3.39. The summed E-state index contributed by atoms with van der Waals surface area (Å²) in [5.74, 6) is 1.14. The molecule has 6 nitrogen and oxygen atoms in total. The zero-order chi connectivity index (χ0) is 13.9. The van der Waals surface area contributed by atoms with E-state index in [0.717, 1.165) is 31.7 Å². The highest BCUT2D eigenvalue weighted by Gasteiger charge is 2.20. The van der Waals surface area contributed by atoms with E-state index in [1.807, 2.05) is 7.05 Å². The van der Waals surface area contributed by atoms with Gasteiger partial charge in [-0.2, -0.15) is 5.10 Å². The molecule has 20 heavy (non-hydrogen) atoms. The quantitative estimate of drug-likeness (QED) is 0.922. The lowest BCUT2D eigenvalue weighted by Crippen LogP contribution is -2.24. The minimum Gasteiger partial charge on any atom is -0.356 e. The molecule has 6 heteroatoms. The van der Waals surface area contributed by atoms with Gasteiger partial charge in [-0.1, -0.05) is 0 Å². The van der Waals surface area contributed by atoms with Crippen LogP contribution in [0.1, 0.15) is 23.2 Å². The third-order valence-electron chi connectivity index (χ3n) is 3.39. The maximum absolute atomic E-state index is 12.4. The fourth-order valence-electron chi connectivity index (χ4n) is 2.42. The molecule has 104 valence electrons. The van der Waals surface area contributed by atoms with Crippen molar-refractivity contribution in [1.82, 2.24) is 14.8 Å². The average molecular weight is 271 g/mol. The molecule has 0 spiro atoms. The lowest BCUT2D eigenvalue weighted by molar-refractivity contribution is 0.102. The van der Waals surface area contributed by atoms with E-state index in [1.165, 1.54) is 0 Å². The normalized spacial score (nSPS) is 14.6. The van der Waals surface area contributed by atoms with E-state index < -0.39 is 0 Å². The predicted molar refractivity (Wildman–Crippen MR) is 76.8 cm³/mol. The highest BCUT2D eigenvalue weighted by Crippen LogP contribution is 2.22. The standard InChI is InChI=1S/C14H17N5O/c1-18-10-6-12(17-18)16-14(20)11-5-4-7-15-13(11)19-8-2-3-9-19/h4-7,10H,2-3,8-9H2,1H3,(H,16,17,20). The third kappa shape index (κ3) is 2.49. The van der Waals surface area contributed by atoms with E-state index >= 15 is 0 Å². The van der Waals surface area contributed by atoms with Crippen LogP contribution in [0.15, 0.2) is 30.6 Å². The number of aromatic nitrogens is 3. The molecule has 1 aliphatic rings. The van der Waals surface area contributed by atoms with Crippen molar-refractivity contribution in [2.75, 3.05) is 23.3 Å². The van der Waals surface area contributed by atoms with Gasteiger partial charge in [0.15, 0.2) is 5.82 Å².